The van der Waals surface area contributed by atoms with Crippen LogP contribution in [0.3, 0.4) is 0 Å². The van der Waals surface area contributed by atoms with Crippen LogP contribution in [0.2, 0.25) is 0 Å². The molecule has 0 saturated carbocycles. The molecule has 3 N–H and O–H groups in total. The maximum absolute atomic E-state index is 11.3. The number of carbonyl (C=O) groups excluding carboxylic acids is 1. The van der Waals surface area contributed by atoms with Crippen LogP contribution >= 0.6 is 0 Å². The number of hydrogen-bond acceptors (Lipinski definition) is 5. The molecule has 0 aliphatic rings. The van der Waals surface area contributed by atoms with Crippen molar-refractivity contribution in [3.05, 3.63) is 0 Å². The number of unbranched alkanes of at least 4 members (excludes halogenated alkanes) is 14. The lowest BCUT2D eigenvalue weighted by atomic mass is 10.1. The number of aliphatic hydroxyl groups is 2. The second kappa shape index (κ2) is 26.9. The maximum Gasteiger partial charge on any atom is 0.305 e. The molecule has 6 heteroatoms. The number of hydrogen-bond donors (Lipinski definition) is 3. The van der Waals surface area contributed by atoms with Gasteiger partial charge >= 0.3 is 11.9 Å². The minimum absolute atomic E-state index is 0.104. The average Bonchev–Trinajstić information content (AvgIpc) is 2.76. The third kappa shape index (κ3) is 31.1. The summed E-state index contributed by atoms with van der Waals surface area (Å²) in [5.41, 5.74) is 0. The van der Waals surface area contributed by atoms with Gasteiger partial charge in [-0.05, 0) is 12.8 Å². The first-order chi connectivity index (χ1) is 15.0. The van der Waals surface area contributed by atoms with Crippen molar-refractivity contribution < 1.29 is 29.6 Å². The third-order valence-electron chi connectivity index (χ3n) is 5.13. The second-order valence-corrected chi connectivity index (χ2v) is 8.36. The molecule has 1 unspecified atom stereocenters. The Morgan fingerprint density at radius 3 is 1.45 bits per heavy atom. The highest BCUT2D eigenvalue weighted by Gasteiger charge is 2.07. The Hall–Kier alpha value is -1.14. The van der Waals surface area contributed by atoms with Crippen LogP contribution in [0, 0.1) is 0 Å². The molecule has 0 heterocycles. The van der Waals surface area contributed by atoms with Crippen LogP contribution < -0.4 is 0 Å². The number of rotatable bonds is 21. The molecular formula is C25H50O6. The molecule has 31 heavy (non-hydrogen) atoms. The predicted octanol–water partition coefficient (Wildman–Crippen LogP) is 6.02. The average molecular weight is 447 g/mol. The van der Waals surface area contributed by atoms with Gasteiger partial charge in [0, 0.05) is 12.8 Å². The molecule has 186 valence electrons. The van der Waals surface area contributed by atoms with E-state index in [2.05, 4.69) is 13.8 Å². The lowest BCUT2D eigenvalue weighted by Crippen LogP contribution is -2.21. The van der Waals surface area contributed by atoms with E-state index in [-0.39, 0.29) is 19.2 Å². The maximum atomic E-state index is 11.3. The molecule has 6 nitrogen and oxygen atoms in total. The first-order valence-electron chi connectivity index (χ1n) is 12.6. The van der Waals surface area contributed by atoms with E-state index in [1.54, 1.807) is 0 Å². The molecule has 0 aromatic heterocycles. The van der Waals surface area contributed by atoms with Crippen LogP contribution in [0.5, 0.6) is 0 Å². The SMILES string of the molecule is CCCCCCCCCC(=O)O.CCCCCCCCCCCC(=O)OCC(O)CO. The first-order valence-corrected chi connectivity index (χ1v) is 12.6. The second-order valence-electron chi connectivity index (χ2n) is 8.36. The molecule has 0 aliphatic heterocycles. The highest BCUT2D eigenvalue weighted by molar-refractivity contribution is 5.69. The van der Waals surface area contributed by atoms with Gasteiger partial charge in [0.25, 0.3) is 0 Å². The van der Waals surface area contributed by atoms with E-state index in [1.807, 2.05) is 0 Å². The van der Waals surface area contributed by atoms with Gasteiger partial charge in [-0.25, -0.2) is 0 Å². The van der Waals surface area contributed by atoms with Gasteiger partial charge in [-0.2, -0.15) is 0 Å². The molecule has 0 aliphatic carbocycles. The number of carboxylic acid groups (broad SMARTS) is 1. The highest BCUT2D eigenvalue weighted by Crippen LogP contribution is 2.11. The number of carboxylic acids is 1. The summed E-state index contributed by atoms with van der Waals surface area (Å²) < 4.78 is 4.82. The van der Waals surface area contributed by atoms with Gasteiger partial charge in [0.1, 0.15) is 12.7 Å². The molecule has 0 fully saturated rings. The molecule has 0 amide bonds. The zero-order valence-electron chi connectivity index (χ0n) is 20.3. The van der Waals surface area contributed by atoms with Crippen molar-refractivity contribution in [2.75, 3.05) is 13.2 Å². The van der Waals surface area contributed by atoms with Gasteiger partial charge in [-0.1, -0.05) is 104 Å². The fourth-order valence-electron chi connectivity index (χ4n) is 3.13. The van der Waals surface area contributed by atoms with Crippen LogP contribution in [0.4, 0.5) is 0 Å². The summed E-state index contributed by atoms with van der Waals surface area (Å²) >= 11 is 0. The lowest BCUT2D eigenvalue weighted by molar-refractivity contribution is -0.147. The number of aliphatic carboxylic acids is 1. The molecule has 1 atom stereocenters. The van der Waals surface area contributed by atoms with E-state index < -0.39 is 12.1 Å². The quantitative estimate of drug-likeness (QED) is 0.147. The zero-order chi connectivity index (χ0) is 23.6. The summed E-state index contributed by atoms with van der Waals surface area (Å²) in [6.07, 6.45) is 19.0. The van der Waals surface area contributed by atoms with Gasteiger partial charge in [0.15, 0.2) is 0 Å². The molecular weight excluding hydrogens is 396 g/mol. The van der Waals surface area contributed by atoms with Crippen LogP contribution in [0.25, 0.3) is 0 Å². The third-order valence-corrected chi connectivity index (χ3v) is 5.13. The zero-order valence-corrected chi connectivity index (χ0v) is 20.3. The van der Waals surface area contributed by atoms with Crippen molar-refractivity contribution in [1.82, 2.24) is 0 Å². The Balaban J connectivity index is 0. The summed E-state index contributed by atoms with van der Waals surface area (Å²) in [5.74, 6) is -0.945. The van der Waals surface area contributed by atoms with Gasteiger partial charge in [-0.3, -0.25) is 9.59 Å². The Kier molecular flexibility index (Phi) is 27.8. The van der Waals surface area contributed by atoms with Crippen molar-refractivity contribution >= 4 is 11.9 Å². The van der Waals surface area contributed by atoms with Gasteiger partial charge in [-0.15, -0.1) is 0 Å². The van der Waals surface area contributed by atoms with Crippen LogP contribution in [-0.2, 0) is 14.3 Å². The molecule has 0 aromatic rings. The summed E-state index contributed by atoms with van der Waals surface area (Å²) in [7, 11) is 0. The van der Waals surface area contributed by atoms with E-state index in [0.717, 1.165) is 25.7 Å². The fourth-order valence-corrected chi connectivity index (χ4v) is 3.13. The van der Waals surface area contributed by atoms with Crippen molar-refractivity contribution in [1.29, 1.82) is 0 Å². The minimum Gasteiger partial charge on any atom is -0.481 e. The molecule has 0 radical (unpaired) electrons. The Labute approximate surface area is 190 Å². The number of esters is 1. The van der Waals surface area contributed by atoms with Crippen LogP contribution in [-0.4, -0.2) is 46.6 Å². The number of aliphatic hydroxyl groups excluding tert-OH is 2. The summed E-state index contributed by atoms with van der Waals surface area (Å²) in [5, 5.41) is 25.9. The summed E-state index contributed by atoms with van der Waals surface area (Å²) in [6, 6.07) is 0. The topological polar surface area (TPSA) is 104 Å². The lowest BCUT2D eigenvalue weighted by Gasteiger charge is -2.08. The molecule has 0 spiro atoms. The first kappa shape index (κ1) is 32.0. The Morgan fingerprint density at radius 2 is 1.06 bits per heavy atom. The van der Waals surface area contributed by atoms with E-state index in [1.165, 1.54) is 77.0 Å². The van der Waals surface area contributed by atoms with E-state index in [0.29, 0.717) is 12.8 Å². The smallest absolute Gasteiger partial charge is 0.305 e. The van der Waals surface area contributed by atoms with Gasteiger partial charge in [0.05, 0.1) is 6.61 Å². The van der Waals surface area contributed by atoms with Gasteiger partial charge in [0.2, 0.25) is 0 Å². The van der Waals surface area contributed by atoms with E-state index in [4.69, 9.17) is 20.1 Å². The standard InChI is InChI=1S/C15H30O4.C10H20O2/c1-2-3-4-5-6-7-8-9-10-11-15(18)19-13-14(17)12-16;1-2-3-4-5-6-7-8-9-10(11)12/h14,16-17H,2-13H2,1H3;2-9H2,1H3,(H,11,12). The monoisotopic (exact) mass is 446 g/mol. The minimum atomic E-state index is -0.952. The van der Waals surface area contributed by atoms with Crippen molar-refractivity contribution in [2.45, 2.75) is 136 Å². The Bertz CT molecular complexity index is 386. The number of carbonyl (C=O) groups is 2. The molecule has 0 bridgehead atoms. The summed E-state index contributed by atoms with van der Waals surface area (Å²) in [4.78, 5) is 21.4. The number of ether oxygens (including phenoxy) is 1. The molecule has 0 aromatic carbocycles. The van der Waals surface area contributed by atoms with Crippen LogP contribution in [0.1, 0.15) is 129 Å². The van der Waals surface area contributed by atoms with Gasteiger partial charge < -0.3 is 20.1 Å². The van der Waals surface area contributed by atoms with E-state index in [9.17, 15) is 9.59 Å². The Morgan fingerprint density at radius 1 is 0.677 bits per heavy atom. The van der Waals surface area contributed by atoms with Crippen LogP contribution in [0.15, 0.2) is 0 Å². The largest absolute Gasteiger partial charge is 0.481 e. The predicted molar refractivity (Wildman–Crippen MR) is 126 cm³/mol. The fraction of sp³-hybridized carbons (Fsp3) is 0.920. The summed E-state index contributed by atoms with van der Waals surface area (Å²) in [6.45, 7) is 3.95. The van der Waals surface area contributed by atoms with E-state index >= 15 is 0 Å². The molecule has 0 rings (SSSR count). The van der Waals surface area contributed by atoms with Crippen molar-refractivity contribution in [3.63, 3.8) is 0 Å². The highest BCUT2D eigenvalue weighted by atomic mass is 16.5. The normalized spacial score (nSPS) is 11.5. The van der Waals surface area contributed by atoms with Crippen molar-refractivity contribution in [2.24, 2.45) is 0 Å². The molecule has 0 saturated heterocycles. The van der Waals surface area contributed by atoms with Crippen molar-refractivity contribution in [3.8, 4) is 0 Å².